The molecule has 0 radical (unpaired) electrons. The molecule has 26 heavy (non-hydrogen) atoms. The lowest BCUT2D eigenvalue weighted by Gasteiger charge is -2.35. The minimum Gasteiger partial charge on any atom is -0.379 e. The Hall–Kier alpha value is -0.920. The van der Waals surface area contributed by atoms with E-state index in [0.29, 0.717) is 31.9 Å². The van der Waals surface area contributed by atoms with Crippen molar-refractivity contribution in [2.45, 2.75) is 43.8 Å². The number of amides is 1. The number of carbonyl (C=O) groups is 1. The summed E-state index contributed by atoms with van der Waals surface area (Å²) < 4.78 is 19.1. The van der Waals surface area contributed by atoms with Gasteiger partial charge in [0, 0.05) is 25.2 Å². The highest BCUT2D eigenvalue weighted by atomic mass is 35.5. The molecule has 0 bridgehead atoms. The van der Waals surface area contributed by atoms with E-state index in [1.54, 1.807) is 6.07 Å². The number of rotatable bonds is 4. The van der Waals surface area contributed by atoms with Crippen LogP contribution in [0.25, 0.3) is 0 Å². The van der Waals surface area contributed by atoms with Crippen molar-refractivity contribution in [2.24, 2.45) is 5.73 Å². The molecular weight excluding hydrogens is 380 g/mol. The fraction of sp³-hybridized carbons (Fsp3) is 0.611. The number of carbonyl (C=O) groups excluding carboxylic acids is 1. The van der Waals surface area contributed by atoms with E-state index in [4.69, 9.17) is 10.5 Å². The zero-order valence-electron chi connectivity index (χ0n) is 14.7. The zero-order chi connectivity index (χ0) is 16.9. The van der Waals surface area contributed by atoms with Crippen molar-refractivity contribution in [1.29, 1.82) is 0 Å². The molecule has 1 aromatic rings. The molecule has 148 valence electrons. The summed E-state index contributed by atoms with van der Waals surface area (Å²) in [6.45, 7) is 2.53. The molecule has 3 N–H and O–H groups in total. The van der Waals surface area contributed by atoms with Gasteiger partial charge in [-0.15, -0.1) is 24.8 Å². The Bertz CT molecular complexity index is 565. The highest BCUT2D eigenvalue weighted by molar-refractivity contribution is 5.85. The van der Waals surface area contributed by atoms with Gasteiger partial charge in [-0.05, 0) is 43.4 Å². The van der Waals surface area contributed by atoms with Gasteiger partial charge in [0.25, 0.3) is 0 Å². The number of nitrogens with one attached hydrogen (secondary N) is 1. The molecule has 5 nitrogen and oxygen atoms in total. The smallest absolute Gasteiger partial charge is 0.242 e. The molecule has 1 aromatic carbocycles. The van der Waals surface area contributed by atoms with Crippen LogP contribution in [0.3, 0.4) is 0 Å². The second-order valence-corrected chi connectivity index (χ2v) is 6.73. The van der Waals surface area contributed by atoms with Gasteiger partial charge in [-0.2, -0.15) is 0 Å². The standard InChI is InChI=1S/C18H26FN3O2.2ClH/c19-14-3-1-2-13(12-14)17(22-8-10-24-11-9-22)18(23)21-16-6-4-15(20)5-7-16;;/h1-3,12,15-17H,4-11,20H2,(H,21,23);2*1H. The quantitative estimate of drug-likeness (QED) is 0.803. The van der Waals surface area contributed by atoms with Crippen molar-refractivity contribution in [1.82, 2.24) is 10.2 Å². The first-order valence-electron chi connectivity index (χ1n) is 8.76. The Morgan fingerprint density at radius 3 is 2.46 bits per heavy atom. The van der Waals surface area contributed by atoms with Crippen LogP contribution in [-0.2, 0) is 9.53 Å². The first-order chi connectivity index (χ1) is 11.6. The number of benzene rings is 1. The topological polar surface area (TPSA) is 67.6 Å². The average molecular weight is 408 g/mol. The van der Waals surface area contributed by atoms with Crippen LogP contribution in [0.5, 0.6) is 0 Å². The fourth-order valence-electron chi connectivity index (χ4n) is 3.58. The Labute approximate surface area is 166 Å². The molecule has 1 saturated heterocycles. The van der Waals surface area contributed by atoms with Gasteiger partial charge in [-0.1, -0.05) is 12.1 Å². The van der Waals surface area contributed by atoms with E-state index >= 15 is 0 Å². The summed E-state index contributed by atoms with van der Waals surface area (Å²) in [5, 5.41) is 3.16. The van der Waals surface area contributed by atoms with Gasteiger partial charge in [-0.3, -0.25) is 9.69 Å². The van der Waals surface area contributed by atoms with Crippen molar-refractivity contribution < 1.29 is 13.9 Å². The van der Waals surface area contributed by atoms with Gasteiger partial charge in [0.2, 0.25) is 5.91 Å². The van der Waals surface area contributed by atoms with Gasteiger partial charge in [-0.25, -0.2) is 4.39 Å². The van der Waals surface area contributed by atoms with Crippen LogP contribution in [0.4, 0.5) is 4.39 Å². The van der Waals surface area contributed by atoms with Crippen LogP contribution in [0, 0.1) is 5.82 Å². The van der Waals surface area contributed by atoms with Crippen molar-refractivity contribution >= 4 is 30.7 Å². The third-order valence-corrected chi connectivity index (χ3v) is 4.94. The number of hydrogen-bond acceptors (Lipinski definition) is 4. The maximum Gasteiger partial charge on any atom is 0.242 e. The lowest BCUT2D eigenvalue weighted by atomic mass is 9.91. The van der Waals surface area contributed by atoms with E-state index in [1.807, 2.05) is 6.07 Å². The van der Waals surface area contributed by atoms with Crippen LogP contribution in [0.1, 0.15) is 37.3 Å². The molecule has 1 saturated carbocycles. The van der Waals surface area contributed by atoms with Crippen LogP contribution >= 0.6 is 24.8 Å². The summed E-state index contributed by atoms with van der Waals surface area (Å²) in [4.78, 5) is 15.0. The Morgan fingerprint density at radius 2 is 1.85 bits per heavy atom. The zero-order valence-corrected chi connectivity index (χ0v) is 16.4. The lowest BCUT2D eigenvalue weighted by molar-refractivity contribution is -0.129. The van der Waals surface area contributed by atoms with Gasteiger partial charge >= 0.3 is 0 Å². The molecular formula is C18H28Cl2FN3O2. The van der Waals surface area contributed by atoms with Crippen LogP contribution in [-0.4, -0.2) is 49.2 Å². The van der Waals surface area contributed by atoms with Crippen LogP contribution < -0.4 is 11.1 Å². The Balaban J connectivity index is 0.00000169. The summed E-state index contributed by atoms with van der Waals surface area (Å²) in [6.07, 6.45) is 3.69. The second kappa shape index (κ2) is 11.0. The maximum atomic E-state index is 13.7. The summed E-state index contributed by atoms with van der Waals surface area (Å²) in [7, 11) is 0. The van der Waals surface area contributed by atoms with E-state index in [1.165, 1.54) is 12.1 Å². The molecule has 2 aliphatic rings. The Kier molecular flexibility index (Phi) is 9.82. The van der Waals surface area contributed by atoms with Gasteiger partial charge in [0.15, 0.2) is 0 Å². The number of morpholine rings is 1. The maximum absolute atomic E-state index is 13.7. The minimum absolute atomic E-state index is 0. The first kappa shape index (κ1) is 23.1. The molecule has 0 spiro atoms. The van der Waals surface area contributed by atoms with Gasteiger partial charge in [0.1, 0.15) is 11.9 Å². The predicted molar refractivity (Wildman–Crippen MR) is 104 cm³/mol. The van der Waals surface area contributed by atoms with E-state index in [2.05, 4.69) is 10.2 Å². The second-order valence-electron chi connectivity index (χ2n) is 6.73. The van der Waals surface area contributed by atoms with E-state index in [0.717, 1.165) is 25.7 Å². The highest BCUT2D eigenvalue weighted by Crippen LogP contribution is 2.25. The molecule has 3 rings (SSSR count). The number of ether oxygens (including phenoxy) is 1. The molecule has 1 unspecified atom stereocenters. The number of halogens is 3. The van der Waals surface area contributed by atoms with E-state index in [9.17, 15) is 9.18 Å². The molecule has 1 atom stereocenters. The molecule has 1 aliphatic carbocycles. The summed E-state index contributed by atoms with van der Waals surface area (Å²) in [6, 6.07) is 6.27. The van der Waals surface area contributed by atoms with E-state index < -0.39 is 6.04 Å². The SMILES string of the molecule is Cl.Cl.NC1CCC(NC(=O)C(c2cccc(F)c2)N2CCOCC2)CC1. The van der Waals surface area contributed by atoms with Crippen molar-refractivity contribution in [2.75, 3.05) is 26.3 Å². The van der Waals surface area contributed by atoms with Gasteiger partial charge in [0.05, 0.1) is 13.2 Å². The van der Waals surface area contributed by atoms with E-state index in [-0.39, 0.29) is 48.6 Å². The first-order valence-corrected chi connectivity index (χ1v) is 8.76. The van der Waals surface area contributed by atoms with Crippen LogP contribution in [0.2, 0.25) is 0 Å². The van der Waals surface area contributed by atoms with Crippen molar-refractivity contribution in [3.8, 4) is 0 Å². The fourth-order valence-corrected chi connectivity index (χ4v) is 3.58. The largest absolute Gasteiger partial charge is 0.379 e. The Morgan fingerprint density at radius 1 is 1.19 bits per heavy atom. The summed E-state index contributed by atoms with van der Waals surface area (Å²) in [5.74, 6) is -0.370. The summed E-state index contributed by atoms with van der Waals surface area (Å²) >= 11 is 0. The van der Waals surface area contributed by atoms with Crippen LogP contribution in [0.15, 0.2) is 24.3 Å². The molecule has 1 heterocycles. The predicted octanol–water partition coefficient (Wildman–Crippen LogP) is 2.43. The molecule has 8 heteroatoms. The highest BCUT2D eigenvalue weighted by Gasteiger charge is 2.31. The summed E-state index contributed by atoms with van der Waals surface area (Å²) in [5.41, 5.74) is 6.63. The number of nitrogens with two attached hydrogens (primary N) is 1. The molecule has 1 aliphatic heterocycles. The normalized spacial score (nSPS) is 24.7. The average Bonchev–Trinajstić information content (AvgIpc) is 2.58. The van der Waals surface area contributed by atoms with Gasteiger partial charge < -0.3 is 15.8 Å². The molecule has 1 amide bonds. The number of nitrogens with zero attached hydrogens (tertiary/aromatic N) is 1. The minimum atomic E-state index is -0.472. The third-order valence-electron chi connectivity index (χ3n) is 4.94. The third kappa shape index (κ3) is 6.06. The number of hydrogen-bond donors (Lipinski definition) is 2. The molecule has 2 fully saturated rings. The monoisotopic (exact) mass is 407 g/mol. The van der Waals surface area contributed by atoms with Crippen molar-refractivity contribution in [3.05, 3.63) is 35.6 Å². The molecule has 0 aromatic heterocycles. The van der Waals surface area contributed by atoms with Crippen molar-refractivity contribution in [3.63, 3.8) is 0 Å². The lowest BCUT2D eigenvalue weighted by Crippen LogP contribution is -2.49.